The zero-order valence-electron chi connectivity index (χ0n) is 8.19. The lowest BCUT2D eigenvalue weighted by Gasteiger charge is -2.27. The first-order valence-electron chi connectivity index (χ1n) is 5.09. The maximum atomic E-state index is 11.5. The summed E-state index contributed by atoms with van der Waals surface area (Å²) in [6, 6.07) is 0.315. The molecule has 0 aromatic carbocycles. The largest absolute Gasteiger partial charge is 0.285 e. The number of hydrogen-bond donors (Lipinski definition) is 1. The fourth-order valence-corrected chi connectivity index (χ4v) is 3.83. The topological polar surface area (TPSA) is 71.9 Å². The highest BCUT2D eigenvalue weighted by atomic mass is 32.2. The smallest absolute Gasteiger partial charge is 0.268 e. The Morgan fingerprint density at radius 2 is 2.00 bits per heavy atom. The molecule has 82 valence electrons. The molecule has 2 aliphatic rings. The van der Waals surface area contributed by atoms with Gasteiger partial charge in [0.15, 0.2) is 9.84 Å². The second kappa shape index (κ2) is 2.75. The van der Waals surface area contributed by atoms with Gasteiger partial charge >= 0.3 is 0 Å². The summed E-state index contributed by atoms with van der Waals surface area (Å²) >= 11 is 0. The van der Waals surface area contributed by atoms with E-state index in [2.05, 4.69) is 5.10 Å². The molecule has 0 amide bonds. The summed E-state index contributed by atoms with van der Waals surface area (Å²) in [6.07, 6.45) is 3.24. The minimum atomic E-state index is -3.07. The van der Waals surface area contributed by atoms with Gasteiger partial charge in [-0.1, -0.05) is 0 Å². The van der Waals surface area contributed by atoms with Gasteiger partial charge in [0.1, 0.15) is 0 Å². The number of nitrogens with zero attached hydrogens (tertiary/aromatic N) is 1. The van der Waals surface area contributed by atoms with Crippen LogP contribution < -0.4 is 5.56 Å². The number of aromatic amines is 1. The van der Waals surface area contributed by atoms with Crippen LogP contribution in [0.15, 0.2) is 4.79 Å². The molecule has 15 heavy (non-hydrogen) atoms. The molecular weight excluding hydrogens is 216 g/mol. The van der Waals surface area contributed by atoms with Crippen LogP contribution in [0.1, 0.15) is 36.6 Å². The van der Waals surface area contributed by atoms with Crippen LogP contribution in [0.3, 0.4) is 0 Å². The standard InChI is InChI=1S/C9H12N2O3S/c12-9-7-4-15(13,14)5-8(7)11(10-9)6-2-1-3-6/h6H,1-5H2,(H,10,12). The fraction of sp³-hybridized carbons (Fsp3) is 0.667. The molecule has 0 saturated heterocycles. The molecule has 0 unspecified atom stereocenters. The second-order valence-electron chi connectivity index (χ2n) is 4.35. The number of H-pyrrole nitrogens is 1. The highest BCUT2D eigenvalue weighted by molar-refractivity contribution is 7.90. The number of hydrogen-bond acceptors (Lipinski definition) is 3. The quantitative estimate of drug-likeness (QED) is 0.753. The van der Waals surface area contributed by atoms with Crippen molar-refractivity contribution in [3.8, 4) is 0 Å². The monoisotopic (exact) mass is 228 g/mol. The average Bonchev–Trinajstić information content (AvgIpc) is 2.47. The summed E-state index contributed by atoms with van der Waals surface area (Å²) in [4.78, 5) is 11.5. The van der Waals surface area contributed by atoms with Gasteiger partial charge < -0.3 is 0 Å². The van der Waals surface area contributed by atoms with Crippen LogP contribution in [0.4, 0.5) is 0 Å². The van der Waals surface area contributed by atoms with Gasteiger partial charge in [0.05, 0.1) is 28.8 Å². The summed E-state index contributed by atoms with van der Waals surface area (Å²) in [5.41, 5.74) is 0.935. The molecule has 0 spiro atoms. The molecule has 0 radical (unpaired) electrons. The SMILES string of the molecule is O=c1[nH]n(C2CCC2)c2c1CS(=O)(=O)C2. The molecule has 1 aliphatic carbocycles. The Kier molecular flexibility index (Phi) is 1.69. The Morgan fingerprint density at radius 3 is 2.60 bits per heavy atom. The molecule has 6 heteroatoms. The van der Waals surface area contributed by atoms with E-state index in [1.165, 1.54) is 0 Å². The van der Waals surface area contributed by atoms with Crippen LogP contribution in [0, 0.1) is 0 Å². The Hall–Kier alpha value is -1.04. The highest BCUT2D eigenvalue weighted by Gasteiger charge is 2.34. The van der Waals surface area contributed by atoms with Crippen molar-refractivity contribution in [2.24, 2.45) is 0 Å². The van der Waals surface area contributed by atoms with Gasteiger partial charge in [0, 0.05) is 0 Å². The molecule has 0 bridgehead atoms. The van der Waals surface area contributed by atoms with E-state index in [9.17, 15) is 13.2 Å². The predicted octanol–water partition coefficient (Wildman–Crippen LogP) is 0.330. The van der Waals surface area contributed by atoms with Crippen molar-refractivity contribution in [3.05, 3.63) is 21.6 Å². The van der Waals surface area contributed by atoms with E-state index in [4.69, 9.17) is 0 Å². The van der Waals surface area contributed by atoms with Crippen LogP contribution in [0.2, 0.25) is 0 Å². The first-order valence-corrected chi connectivity index (χ1v) is 6.92. The molecule has 5 nitrogen and oxygen atoms in total. The molecule has 1 fully saturated rings. The molecule has 1 aromatic heterocycles. The molecule has 0 atom stereocenters. The summed E-state index contributed by atoms with van der Waals surface area (Å²) in [5.74, 6) is -0.0606. The zero-order valence-corrected chi connectivity index (χ0v) is 9.01. The van der Waals surface area contributed by atoms with Gasteiger partial charge in [-0.25, -0.2) is 8.42 Å². The van der Waals surface area contributed by atoms with E-state index in [1.54, 1.807) is 4.68 Å². The lowest BCUT2D eigenvalue weighted by atomic mass is 9.93. The van der Waals surface area contributed by atoms with Crippen molar-refractivity contribution in [3.63, 3.8) is 0 Å². The highest BCUT2D eigenvalue weighted by Crippen LogP contribution is 2.34. The fourth-order valence-electron chi connectivity index (χ4n) is 2.26. The lowest BCUT2D eigenvalue weighted by Crippen LogP contribution is -2.22. The summed E-state index contributed by atoms with van der Waals surface area (Å²) in [5, 5.41) is 2.75. The molecule has 3 rings (SSSR count). The van der Waals surface area contributed by atoms with Gasteiger partial charge in [0.25, 0.3) is 5.56 Å². The summed E-state index contributed by atoms with van der Waals surface area (Å²) in [6.45, 7) is 0. The third-order valence-electron chi connectivity index (χ3n) is 3.30. The lowest BCUT2D eigenvalue weighted by molar-refractivity contribution is 0.283. The maximum absolute atomic E-state index is 11.5. The van der Waals surface area contributed by atoms with Crippen LogP contribution in [-0.2, 0) is 21.3 Å². The third-order valence-corrected chi connectivity index (χ3v) is 4.74. The van der Waals surface area contributed by atoms with Gasteiger partial charge in [-0.15, -0.1) is 0 Å². The van der Waals surface area contributed by atoms with Crippen molar-refractivity contribution in [2.45, 2.75) is 36.8 Å². The number of fused-ring (bicyclic) bond motifs is 1. The van der Waals surface area contributed by atoms with Crippen LogP contribution in [0.25, 0.3) is 0 Å². The number of rotatable bonds is 1. The normalized spacial score (nSPS) is 23.7. The van der Waals surface area contributed by atoms with Crippen LogP contribution in [-0.4, -0.2) is 18.2 Å². The number of sulfone groups is 1. The van der Waals surface area contributed by atoms with Gasteiger partial charge in [-0.05, 0) is 19.3 Å². The molecule has 2 heterocycles. The first-order chi connectivity index (χ1) is 7.07. The molecule has 1 aromatic rings. The van der Waals surface area contributed by atoms with Crippen molar-refractivity contribution >= 4 is 9.84 Å². The number of aromatic nitrogens is 2. The van der Waals surface area contributed by atoms with E-state index in [-0.39, 0.29) is 17.1 Å². The molecule has 1 saturated carbocycles. The Labute approximate surface area is 87.0 Å². The maximum Gasteiger partial charge on any atom is 0.268 e. The van der Waals surface area contributed by atoms with E-state index < -0.39 is 9.84 Å². The average molecular weight is 228 g/mol. The van der Waals surface area contributed by atoms with E-state index in [0.717, 1.165) is 19.3 Å². The minimum Gasteiger partial charge on any atom is -0.285 e. The third kappa shape index (κ3) is 1.27. The molecule has 1 aliphatic heterocycles. The van der Waals surface area contributed by atoms with Crippen LogP contribution >= 0.6 is 0 Å². The van der Waals surface area contributed by atoms with Crippen LogP contribution in [0.5, 0.6) is 0 Å². The van der Waals surface area contributed by atoms with Gasteiger partial charge in [-0.2, -0.15) is 0 Å². The van der Waals surface area contributed by atoms with Gasteiger partial charge in [-0.3, -0.25) is 14.6 Å². The molecular formula is C9H12N2O3S. The van der Waals surface area contributed by atoms with Crippen molar-refractivity contribution in [1.82, 2.24) is 9.78 Å². The predicted molar refractivity (Wildman–Crippen MR) is 54.3 cm³/mol. The molecule has 1 N–H and O–H groups in total. The van der Waals surface area contributed by atoms with E-state index in [0.29, 0.717) is 17.3 Å². The minimum absolute atomic E-state index is 0.0254. The Balaban J connectivity index is 2.13. The Morgan fingerprint density at radius 1 is 1.27 bits per heavy atom. The second-order valence-corrected chi connectivity index (χ2v) is 6.42. The van der Waals surface area contributed by atoms with E-state index in [1.807, 2.05) is 0 Å². The van der Waals surface area contributed by atoms with Crippen molar-refractivity contribution in [2.75, 3.05) is 0 Å². The summed E-state index contributed by atoms with van der Waals surface area (Å²) < 4.78 is 24.6. The zero-order chi connectivity index (χ0) is 10.6. The number of nitrogens with one attached hydrogen (secondary N) is 1. The first kappa shape index (κ1) is 9.21. The van der Waals surface area contributed by atoms with Crippen molar-refractivity contribution in [1.29, 1.82) is 0 Å². The van der Waals surface area contributed by atoms with Gasteiger partial charge in [0.2, 0.25) is 0 Å². The summed E-state index contributed by atoms with van der Waals surface area (Å²) in [7, 11) is -3.07. The van der Waals surface area contributed by atoms with Crippen molar-refractivity contribution < 1.29 is 8.42 Å². The van der Waals surface area contributed by atoms with E-state index >= 15 is 0 Å². The Bertz CT molecular complexity index is 563.